The quantitative estimate of drug-likeness (QED) is 0.792. The van der Waals surface area contributed by atoms with Crippen molar-refractivity contribution in [2.24, 2.45) is 12.5 Å². The molecule has 0 N–H and O–H groups in total. The minimum Gasteiger partial charge on any atom is -0.298 e. The normalized spacial score (nSPS) is 13.9. The Morgan fingerprint density at radius 3 is 2.60 bits per heavy atom. The van der Waals surface area contributed by atoms with Gasteiger partial charge in [0.15, 0.2) is 5.78 Å². The molecule has 0 saturated heterocycles. The van der Waals surface area contributed by atoms with E-state index in [0.29, 0.717) is 6.42 Å². The number of carbonyl (C=O) groups is 1. The zero-order chi connectivity index (χ0) is 11.6. The summed E-state index contributed by atoms with van der Waals surface area (Å²) in [5.41, 5.74) is 0.639. The lowest BCUT2D eigenvalue weighted by molar-refractivity contribution is -0.125. The predicted molar refractivity (Wildman–Crippen MR) is 64.1 cm³/mol. The molecule has 0 amide bonds. The molecule has 0 fully saturated rings. The Hall–Kier alpha value is -0.640. The predicted octanol–water partition coefficient (Wildman–Crippen LogP) is 2.34. The number of Topliss-reactive ketones (excluding diaryl/α,β-unsaturated/α-hetero) is 1. The van der Waals surface area contributed by atoms with E-state index >= 15 is 0 Å². The van der Waals surface area contributed by atoms with Gasteiger partial charge in [-0.2, -0.15) is 5.10 Å². The maximum Gasteiger partial charge on any atom is 0.152 e. The van der Waals surface area contributed by atoms with Gasteiger partial charge in [-0.05, 0) is 6.07 Å². The number of nitrogens with zero attached hydrogens (tertiary/aromatic N) is 2. The van der Waals surface area contributed by atoms with Gasteiger partial charge in [-0.25, -0.2) is 0 Å². The Labute approximate surface area is 99.0 Å². The van der Waals surface area contributed by atoms with E-state index in [9.17, 15) is 4.79 Å². The minimum absolute atomic E-state index is 0.146. The topological polar surface area (TPSA) is 34.9 Å². The van der Waals surface area contributed by atoms with E-state index in [4.69, 9.17) is 0 Å². The molecule has 0 radical (unpaired) electrons. The first kappa shape index (κ1) is 12.4. The van der Waals surface area contributed by atoms with Crippen LogP contribution in [0.4, 0.5) is 0 Å². The Bertz CT molecular complexity index is 352. The monoisotopic (exact) mass is 272 g/mol. The van der Waals surface area contributed by atoms with Crippen molar-refractivity contribution in [3.8, 4) is 0 Å². The van der Waals surface area contributed by atoms with Crippen molar-refractivity contribution in [3.63, 3.8) is 0 Å². The molecule has 1 unspecified atom stereocenters. The van der Waals surface area contributed by atoms with E-state index in [1.54, 1.807) is 4.68 Å². The summed E-state index contributed by atoms with van der Waals surface area (Å²) in [6.07, 6.45) is 2.54. The molecule has 0 bridgehead atoms. The second-order valence-electron chi connectivity index (χ2n) is 4.77. The number of ketones is 1. The van der Waals surface area contributed by atoms with Crippen molar-refractivity contribution in [1.82, 2.24) is 9.78 Å². The molecule has 0 spiro atoms. The van der Waals surface area contributed by atoms with E-state index < -0.39 is 0 Å². The summed E-state index contributed by atoms with van der Waals surface area (Å²) in [4.78, 5) is 11.7. The minimum atomic E-state index is -0.303. The van der Waals surface area contributed by atoms with Crippen LogP contribution < -0.4 is 0 Å². The van der Waals surface area contributed by atoms with Gasteiger partial charge in [0, 0.05) is 25.1 Å². The molecule has 4 heteroatoms. The maximum absolute atomic E-state index is 11.9. The number of carbonyl (C=O) groups excluding carboxylic acids is 1. The van der Waals surface area contributed by atoms with Crippen molar-refractivity contribution in [2.75, 3.05) is 0 Å². The Morgan fingerprint density at radius 2 is 2.20 bits per heavy atom. The summed E-state index contributed by atoms with van der Waals surface area (Å²) < 4.78 is 1.75. The van der Waals surface area contributed by atoms with Crippen molar-refractivity contribution in [3.05, 3.63) is 18.0 Å². The third kappa shape index (κ3) is 3.45. The number of halogens is 1. The second kappa shape index (κ2) is 4.47. The van der Waals surface area contributed by atoms with E-state index in [1.807, 2.05) is 40.1 Å². The maximum atomic E-state index is 11.9. The third-order valence-corrected chi connectivity index (χ3v) is 2.92. The lowest BCUT2D eigenvalue weighted by Crippen LogP contribution is -2.30. The van der Waals surface area contributed by atoms with Gasteiger partial charge >= 0.3 is 0 Å². The fourth-order valence-electron chi connectivity index (χ4n) is 1.32. The zero-order valence-corrected chi connectivity index (χ0v) is 11.2. The van der Waals surface area contributed by atoms with Crippen LogP contribution in [0.25, 0.3) is 0 Å². The van der Waals surface area contributed by atoms with Gasteiger partial charge in [0.2, 0.25) is 0 Å². The van der Waals surface area contributed by atoms with Crippen LogP contribution in [0.3, 0.4) is 0 Å². The molecule has 1 heterocycles. The van der Waals surface area contributed by atoms with Crippen LogP contribution >= 0.6 is 15.9 Å². The van der Waals surface area contributed by atoms with Crippen molar-refractivity contribution in [1.29, 1.82) is 0 Å². The summed E-state index contributed by atoms with van der Waals surface area (Å²) in [5.74, 6) is 0.216. The molecule has 84 valence electrons. The molecule has 0 aliphatic rings. The molecule has 3 nitrogen and oxygen atoms in total. The standard InChI is InChI=1S/C11H17BrN2O/c1-11(2,3)10(15)9(12)7-8-5-6-14(4)13-8/h5-6,9H,7H2,1-4H3. The van der Waals surface area contributed by atoms with Gasteiger partial charge in [0.1, 0.15) is 0 Å². The smallest absolute Gasteiger partial charge is 0.152 e. The van der Waals surface area contributed by atoms with E-state index in [2.05, 4.69) is 21.0 Å². The first-order chi connectivity index (χ1) is 6.80. The van der Waals surface area contributed by atoms with Gasteiger partial charge in [-0.1, -0.05) is 36.7 Å². The molecule has 1 atom stereocenters. The highest BCUT2D eigenvalue weighted by Gasteiger charge is 2.28. The number of rotatable bonds is 3. The van der Waals surface area contributed by atoms with Crippen LogP contribution in [-0.2, 0) is 18.3 Å². The molecule has 0 aliphatic carbocycles. The number of hydrogen-bond acceptors (Lipinski definition) is 2. The number of hydrogen-bond donors (Lipinski definition) is 0. The van der Waals surface area contributed by atoms with Crippen LogP contribution in [0.1, 0.15) is 26.5 Å². The number of aromatic nitrogens is 2. The van der Waals surface area contributed by atoms with Gasteiger partial charge in [-0.3, -0.25) is 9.48 Å². The first-order valence-corrected chi connectivity index (χ1v) is 5.89. The third-order valence-electron chi connectivity index (χ3n) is 2.18. The van der Waals surface area contributed by atoms with Crippen LogP contribution in [0, 0.1) is 5.41 Å². The second-order valence-corrected chi connectivity index (χ2v) is 5.87. The van der Waals surface area contributed by atoms with Gasteiger partial charge in [0.25, 0.3) is 0 Å². The average Bonchev–Trinajstić information content (AvgIpc) is 2.48. The fraction of sp³-hybridized carbons (Fsp3) is 0.636. The Morgan fingerprint density at radius 1 is 1.60 bits per heavy atom. The zero-order valence-electron chi connectivity index (χ0n) is 9.62. The van der Waals surface area contributed by atoms with Gasteiger partial charge < -0.3 is 0 Å². The average molecular weight is 273 g/mol. The number of aryl methyl sites for hydroxylation is 1. The highest BCUT2D eigenvalue weighted by Crippen LogP contribution is 2.22. The Balaban J connectivity index is 2.64. The Kier molecular flexibility index (Phi) is 3.71. The summed E-state index contributed by atoms with van der Waals surface area (Å²) >= 11 is 3.43. The molecule has 0 saturated carbocycles. The van der Waals surface area contributed by atoms with Gasteiger partial charge in [-0.15, -0.1) is 0 Å². The van der Waals surface area contributed by atoms with Crippen molar-refractivity contribution in [2.45, 2.75) is 32.0 Å². The van der Waals surface area contributed by atoms with Crippen LogP contribution in [0.5, 0.6) is 0 Å². The lowest BCUT2D eigenvalue weighted by atomic mass is 9.88. The summed E-state index contributed by atoms with van der Waals surface area (Å²) in [6, 6.07) is 1.93. The van der Waals surface area contributed by atoms with E-state index in [-0.39, 0.29) is 16.0 Å². The summed E-state index contributed by atoms with van der Waals surface area (Å²) in [6.45, 7) is 5.80. The van der Waals surface area contributed by atoms with Crippen molar-refractivity contribution >= 4 is 21.7 Å². The van der Waals surface area contributed by atoms with Crippen LogP contribution in [0.15, 0.2) is 12.3 Å². The van der Waals surface area contributed by atoms with Crippen LogP contribution in [0.2, 0.25) is 0 Å². The molecule has 1 rings (SSSR count). The van der Waals surface area contributed by atoms with Crippen molar-refractivity contribution < 1.29 is 4.79 Å². The molecule has 15 heavy (non-hydrogen) atoms. The molecule has 1 aromatic rings. The molecule has 1 aromatic heterocycles. The van der Waals surface area contributed by atoms with E-state index in [1.165, 1.54) is 0 Å². The highest BCUT2D eigenvalue weighted by molar-refractivity contribution is 9.10. The fourth-order valence-corrected chi connectivity index (χ4v) is 2.34. The SMILES string of the molecule is Cn1ccc(CC(Br)C(=O)C(C)(C)C)n1. The molecular weight excluding hydrogens is 256 g/mol. The highest BCUT2D eigenvalue weighted by atomic mass is 79.9. The summed E-state index contributed by atoms with van der Waals surface area (Å²) in [7, 11) is 1.87. The molecular formula is C11H17BrN2O. The lowest BCUT2D eigenvalue weighted by Gasteiger charge is -2.19. The largest absolute Gasteiger partial charge is 0.298 e. The molecule has 0 aliphatic heterocycles. The first-order valence-electron chi connectivity index (χ1n) is 4.97. The summed E-state index contributed by atoms with van der Waals surface area (Å²) in [5, 5.41) is 4.25. The van der Waals surface area contributed by atoms with Gasteiger partial charge in [0.05, 0.1) is 10.5 Å². The number of alkyl halides is 1. The van der Waals surface area contributed by atoms with E-state index in [0.717, 1.165) is 5.69 Å². The molecule has 0 aromatic carbocycles. The van der Waals surface area contributed by atoms with Crippen LogP contribution in [-0.4, -0.2) is 20.4 Å².